The topological polar surface area (TPSA) is 75.6 Å². The summed E-state index contributed by atoms with van der Waals surface area (Å²) in [5, 5.41) is 11.7. The molecule has 0 aliphatic carbocycles. The van der Waals surface area contributed by atoms with Crippen LogP contribution in [0.2, 0.25) is 0 Å². The number of rotatable bonds is 8. The van der Waals surface area contributed by atoms with E-state index in [2.05, 4.69) is 5.32 Å². The number of benzene rings is 2. The first-order valence-electron chi connectivity index (χ1n) is 7.95. The largest absolute Gasteiger partial charge is 0.481 e. The number of carbonyl (C=O) groups is 2. The van der Waals surface area contributed by atoms with Gasteiger partial charge in [0.05, 0.1) is 6.04 Å². The van der Waals surface area contributed by atoms with E-state index < -0.39 is 29.8 Å². The van der Waals surface area contributed by atoms with Gasteiger partial charge >= 0.3 is 5.97 Å². The van der Waals surface area contributed by atoms with Crippen molar-refractivity contribution in [3.05, 3.63) is 66.0 Å². The molecule has 0 aliphatic rings. The van der Waals surface area contributed by atoms with Gasteiger partial charge in [0.15, 0.2) is 6.10 Å². The summed E-state index contributed by atoms with van der Waals surface area (Å²) in [6.07, 6.45) is -0.658. The van der Waals surface area contributed by atoms with E-state index in [9.17, 15) is 14.0 Å². The molecule has 2 N–H and O–H groups in total. The van der Waals surface area contributed by atoms with Gasteiger partial charge in [-0.25, -0.2) is 4.39 Å². The molecule has 132 valence electrons. The second-order valence-corrected chi connectivity index (χ2v) is 5.62. The molecule has 2 atom stereocenters. The molecule has 2 aromatic carbocycles. The first kappa shape index (κ1) is 18.4. The number of hydrogen-bond acceptors (Lipinski definition) is 3. The fourth-order valence-electron chi connectivity index (χ4n) is 2.36. The Kier molecular flexibility index (Phi) is 6.51. The number of carbonyl (C=O) groups excluding carboxylic acids is 1. The minimum Gasteiger partial charge on any atom is -0.481 e. The summed E-state index contributed by atoms with van der Waals surface area (Å²) in [6.45, 7) is 1.56. The fraction of sp³-hybridized carbons (Fsp3) is 0.263. The van der Waals surface area contributed by atoms with E-state index in [1.807, 2.05) is 30.3 Å². The van der Waals surface area contributed by atoms with Gasteiger partial charge in [-0.3, -0.25) is 9.59 Å². The molecule has 0 aromatic heterocycles. The minimum atomic E-state index is -0.931. The van der Waals surface area contributed by atoms with Crippen LogP contribution in [0.3, 0.4) is 0 Å². The lowest BCUT2D eigenvalue weighted by molar-refractivity contribution is -0.137. The van der Waals surface area contributed by atoms with Gasteiger partial charge in [0, 0.05) is 12.5 Å². The molecular weight excluding hydrogens is 325 g/mol. The zero-order valence-corrected chi connectivity index (χ0v) is 13.8. The lowest BCUT2D eigenvalue weighted by atomic mass is 10.0. The molecule has 0 saturated carbocycles. The Balaban J connectivity index is 2.03. The minimum absolute atomic E-state index is 0.0705. The Labute approximate surface area is 145 Å². The Morgan fingerprint density at radius 2 is 1.88 bits per heavy atom. The van der Waals surface area contributed by atoms with E-state index in [1.165, 1.54) is 18.2 Å². The van der Waals surface area contributed by atoms with E-state index in [0.29, 0.717) is 0 Å². The molecule has 25 heavy (non-hydrogen) atoms. The third-order valence-corrected chi connectivity index (χ3v) is 3.64. The molecule has 0 radical (unpaired) electrons. The number of carboxylic acid groups (broad SMARTS) is 1. The van der Waals surface area contributed by atoms with Crippen molar-refractivity contribution >= 4 is 11.9 Å². The van der Waals surface area contributed by atoms with Gasteiger partial charge in [0.2, 0.25) is 0 Å². The van der Waals surface area contributed by atoms with Crippen LogP contribution in [0.15, 0.2) is 54.6 Å². The molecule has 6 heteroatoms. The number of aliphatic carboxylic acids is 1. The highest BCUT2D eigenvalue weighted by Crippen LogP contribution is 2.19. The molecule has 5 nitrogen and oxygen atoms in total. The fourth-order valence-corrected chi connectivity index (χ4v) is 2.36. The highest BCUT2D eigenvalue weighted by molar-refractivity contribution is 5.81. The smallest absolute Gasteiger partial charge is 0.303 e. The lowest BCUT2D eigenvalue weighted by Gasteiger charge is -2.21. The SMILES string of the molecule is CC(Oc1cccc(F)c1)C(=O)NC(CCC(=O)O)c1ccccc1. The maximum atomic E-state index is 13.2. The van der Waals surface area contributed by atoms with E-state index >= 15 is 0 Å². The summed E-state index contributed by atoms with van der Waals surface area (Å²) in [6, 6.07) is 14.2. The van der Waals surface area contributed by atoms with E-state index in [1.54, 1.807) is 13.0 Å². The number of halogens is 1. The van der Waals surface area contributed by atoms with Gasteiger partial charge in [-0.15, -0.1) is 0 Å². The van der Waals surface area contributed by atoms with Crippen LogP contribution in [-0.2, 0) is 9.59 Å². The monoisotopic (exact) mass is 345 g/mol. The van der Waals surface area contributed by atoms with Crippen LogP contribution in [0.1, 0.15) is 31.4 Å². The Bertz CT molecular complexity index is 720. The lowest BCUT2D eigenvalue weighted by Crippen LogP contribution is -2.38. The quantitative estimate of drug-likeness (QED) is 0.770. The summed E-state index contributed by atoms with van der Waals surface area (Å²) in [4.78, 5) is 23.2. The Morgan fingerprint density at radius 1 is 1.16 bits per heavy atom. The normalized spacial score (nSPS) is 12.9. The number of nitrogens with one attached hydrogen (secondary N) is 1. The molecule has 0 fully saturated rings. The van der Waals surface area contributed by atoms with E-state index in [0.717, 1.165) is 5.56 Å². The predicted molar refractivity (Wildman–Crippen MR) is 90.7 cm³/mol. The van der Waals surface area contributed by atoms with Crippen LogP contribution < -0.4 is 10.1 Å². The van der Waals surface area contributed by atoms with Crippen molar-refractivity contribution in [3.63, 3.8) is 0 Å². The number of amides is 1. The number of ether oxygens (including phenoxy) is 1. The van der Waals surface area contributed by atoms with Crippen LogP contribution >= 0.6 is 0 Å². The zero-order chi connectivity index (χ0) is 18.2. The van der Waals surface area contributed by atoms with Crippen LogP contribution in [-0.4, -0.2) is 23.1 Å². The van der Waals surface area contributed by atoms with E-state index in [4.69, 9.17) is 9.84 Å². The van der Waals surface area contributed by atoms with Gasteiger partial charge in [-0.1, -0.05) is 36.4 Å². The highest BCUT2D eigenvalue weighted by atomic mass is 19.1. The summed E-state index contributed by atoms with van der Waals surface area (Å²) < 4.78 is 18.6. The Hall–Kier alpha value is -2.89. The third kappa shape index (κ3) is 5.91. The molecule has 0 saturated heterocycles. The van der Waals surface area contributed by atoms with Gasteiger partial charge < -0.3 is 15.2 Å². The second-order valence-electron chi connectivity index (χ2n) is 5.62. The van der Waals surface area contributed by atoms with Crippen LogP contribution in [0, 0.1) is 5.82 Å². The third-order valence-electron chi connectivity index (χ3n) is 3.64. The molecule has 1 amide bonds. The summed E-state index contributed by atoms with van der Waals surface area (Å²) in [5.74, 6) is -1.53. The van der Waals surface area contributed by atoms with E-state index in [-0.39, 0.29) is 18.6 Å². The number of hydrogen-bond donors (Lipinski definition) is 2. The molecule has 0 spiro atoms. The van der Waals surface area contributed by atoms with Crippen molar-refractivity contribution in [3.8, 4) is 5.75 Å². The predicted octanol–water partition coefficient (Wildman–Crippen LogP) is 3.32. The molecule has 0 bridgehead atoms. The molecule has 0 aliphatic heterocycles. The Morgan fingerprint density at radius 3 is 2.52 bits per heavy atom. The van der Waals surface area contributed by atoms with Crippen LogP contribution in [0.25, 0.3) is 0 Å². The van der Waals surface area contributed by atoms with Crippen molar-refractivity contribution in [1.29, 1.82) is 0 Å². The van der Waals surface area contributed by atoms with Gasteiger partial charge in [0.25, 0.3) is 5.91 Å². The zero-order valence-electron chi connectivity index (χ0n) is 13.8. The first-order valence-corrected chi connectivity index (χ1v) is 7.95. The van der Waals surface area contributed by atoms with Crippen molar-refractivity contribution in [2.24, 2.45) is 0 Å². The van der Waals surface area contributed by atoms with Gasteiger partial charge in [-0.05, 0) is 31.0 Å². The maximum Gasteiger partial charge on any atom is 0.303 e. The second kappa shape index (κ2) is 8.82. The van der Waals surface area contributed by atoms with Crippen molar-refractivity contribution in [1.82, 2.24) is 5.32 Å². The van der Waals surface area contributed by atoms with Gasteiger partial charge in [-0.2, -0.15) is 0 Å². The van der Waals surface area contributed by atoms with Crippen molar-refractivity contribution < 1.29 is 23.8 Å². The summed E-state index contributed by atoms with van der Waals surface area (Å²) in [7, 11) is 0. The highest BCUT2D eigenvalue weighted by Gasteiger charge is 2.21. The molecule has 2 unspecified atom stereocenters. The van der Waals surface area contributed by atoms with Crippen LogP contribution in [0.5, 0.6) is 5.75 Å². The molecule has 2 rings (SSSR count). The van der Waals surface area contributed by atoms with Gasteiger partial charge in [0.1, 0.15) is 11.6 Å². The molecule has 2 aromatic rings. The average molecular weight is 345 g/mol. The average Bonchev–Trinajstić information content (AvgIpc) is 2.59. The van der Waals surface area contributed by atoms with Crippen molar-refractivity contribution in [2.45, 2.75) is 31.9 Å². The standard InChI is InChI=1S/C19H20FNO4/c1-13(25-16-9-5-8-15(20)12-16)19(24)21-17(10-11-18(22)23)14-6-3-2-4-7-14/h2-9,12-13,17H,10-11H2,1H3,(H,21,24)(H,22,23). The summed E-state index contributed by atoms with van der Waals surface area (Å²) >= 11 is 0. The number of carboxylic acids is 1. The molecule has 0 heterocycles. The molecular formula is C19H20FNO4. The summed E-state index contributed by atoms with van der Waals surface area (Å²) in [5.41, 5.74) is 0.815. The first-order chi connectivity index (χ1) is 12.0. The van der Waals surface area contributed by atoms with Crippen LogP contribution in [0.4, 0.5) is 4.39 Å². The maximum absolute atomic E-state index is 13.2. The van der Waals surface area contributed by atoms with Crippen molar-refractivity contribution in [2.75, 3.05) is 0 Å².